The smallest absolute Gasteiger partial charge is 0.274 e. The van der Waals surface area contributed by atoms with Crippen LogP contribution in [0.3, 0.4) is 0 Å². The summed E-state index contributed by atoms with van der Waals surface area (Å²) in [6.07, 6.45) is 0. The van der Waals surface area contributed by atoms with Gasteiger partial charge in [0.05, 0.1) is 11.9 Å². The lowest BCUT2D eigenvalue weighted by molar-refractivity contribution is -0.925. The molecule has 0 aliphatic heterocycles. The van der Waals surface area contributed by atoms with Crippen LogP contribution in [-0.2, 0) is 6.54 Å². The van der Waals surface area contributed by atoms with Gasteiger partial charge in [-0.05, 0) is 30.5 Å². The first-order valence-electron chi connectivity index (χ1n) is 7.07. The monoisotopic (exact) mass is 334 g/mol. The topological polar surface area (TPSA) is 43.4 Å². The van der Waals surface area contributed by atoms with Crippen molar-refractivity contribution in [2.75, 3.05) is 7.05 Å². The number of benzene rings is 1. The van der Waals surface area contributed by atoms with Gasteiger partial charge in [-0.2, -0.15) is 0 Å². The Morgan fingerprint density at radius 2 is 2.14 bits per heavy atom. The van der Waals surface area contributed by atoms with Crippen LogP contribution in [0.1, 0.15) is 24.4 Å². The van der Waals surface area contributed by atoms with Gasteiger partial charge in [0.25, 0.3) is 11.8 Å². The van der Waals surface area contributed by atoms with Crippen LogP contribution in [0.15, 0.2) is 46.2 Å². The molecule has 0 aliphatic carbocycles. The van der Waals surface area contributed by atoms with Crippen molar-refractivity contribution in [3.05, 3.63) is 58.3 Å². The number of quaternary nitrogens is 1. The molecule has 1 N–H and O–H groups in total. The summed E-state index contributed by atoms with van der Waals surface area (Å²) < 4.78 is 5.81. The van der Waals surface area contributed by atoms with Crippen LogP contribution in [0.4, 0.5) is 0 Å². The second kappa shape index (κ2) is 6.60. The molecule has 0 saturated carbocycles. The number of nitrogens with zero attached hydrogens (tertiary/aromatic N) is 2. The molecule has 0 saturated heterocycles. The minimum absolute atomic E-state index is 0.111. The Bertz CT molecular complexity index is 741. The fourth-order valence-electron chi connectivity index (χ4n) is 2.24. The quantitative estimate of drug-likeness (QED) is 0.779. The number of nitrogens with one attached hydrogen (secondary N) is 1. The fourth-order valence-corrected chi connectivity index (χ4v) is 3.10. The Hall–Kier alpha value is -1.69. The molecular weight excluding hydrogens is 318 g/mol. The van der Waals surface area contributed by atoms with Gasteiger partial charge in [-0.3, -0.25) is 0 Å². The van der Waals surface area contributed by atoms with E-state index in [1.54, 1.807) is 11.3 Å². The average Bonchev–Trinajstić information content (AvgIpc) is 3.17. The second-order valence-corrected chi connectivity index (χ2v) is 6.68. The SMILES string of the molecule is C[C@@H](c1nnc(-c2cccs2)o1)[NH+](C)Cc1cccc(Cl)c1. The van der Waals surface area contributed by atoms with E-state index < -0.39 is 0 Å². The number of halogens is 1. The Kier molecular flexibility index (Phi) is 4.57. The summed E-state index contributed by atoms with van der Waals surface area (Å²) >= 11 is 7.63. The van der Waals surface area contributed by atoms with Gasteiger partial charge in [0.1, 0.15) is 6.54 Å². The number of rotatable bonds is 5. The summed E-state index contributed by atoms with van der Waals surface area (Å²) in [5.74, 6) is 1.25. The second-order valence-electron chi connectivity index (χ2n) is 5.30. The van der Waals surface area contributed by atoms with Crippen molar-refractivity contribution in [1.29, 1.82) is 0 Å². The van der Waals surface area contributed by atoms with Gasteiger partial charge in [0.15, 0.2) is 6.04 Å². The zero-order valence-corrected chi connectivity index (χ0v) is 14.0. The molecule has 6 heteroatoms. The maximum Gasteiger partial charge on any atom is 0.274 e. The predicted octanol–water partition coefficient (Wildman–Crippen LogP) is 3.23. The van der Waals surface area contributed by atoms with E-state index in [4.69, 9.17) is 16.0 Å². The van der Waals surface area contributed by atoms with Crippen LogP contribution < -0.4 is 4.90 Å². The Morgan fingerprint density at radius 1 is 1.27 bits per heavy atom. The van der Waals surface area contributed by atoms with E-state index in [0.29, 0.717) is 11.8 Å². The van der Waals surface area contributed by atoms with E-state index in [1.807, 2.05) is 35.7 Å². The number of hydrogen-bond acceptors (Lipinski definition) is 4. The Morgan fingerprint density at radius 3 is 2.86 bits per heavy atom. The Labute approximate surface area is 138 Å². The lowest BCUT2D eigenvalue weighted by atomic mass is 10.2. The largest absolute Gasteiger partial charge is 0.414 e. The van der Waals surface area contributed by atoms with Crippen molar-refractivity contribution in [3.63, 3.8) is 0 Å². The fraction of sp³-hybridized carbons (Fsp3) is 0.250. The van der Waals surface area contributed by atoms with Crippen LogP contribution in [-0.4, -0.2) is 17.2 Å². The molecule has 0 radical (unpaired) electrons. The van der Waals surface area contributed by atoms with Crippen molar-refractivity contribution in [3.8, 4) is 10.8 Å². The zero-order valence-electron chi connectivity index (χ0n) is 12.4. The van der Waals surface area contributed by atoms with Crippen molar-refractivity contribution < 1.29 is 9.32 Å². The molecule has 0 fully saturated rings. The molecule has 2 atom stereocenters. The van der Waals surface area contributed by atoms with Gasteiger partial charge < -0.3 is 9.32 Å². The molecule has 3 aromatic rings. The third-order valence-corrected chi connectivity index (χ3v) is 4.75. The Balaban J connectivity index is 1.72. The van der Waals surface area contributed by atoms with Gasteiger partial charge in [0.2, 0.25) is 0 Å². The van der Waals surface area contributed by atoms with Gasteiger partial charge in [-0.15, -0.1) is 21.5 Å². The van der Waals surface area contributed by atoms with E-state index in [1.165, 1.54) is 10.5 Å². The molecule has 3 rings (SSSR count). The van der Waals surface area contributed by atoms with Crippen LogP contribution in [0.25, 0.3) is 10.8 Å². The summed E-state index contributed by atoms with van der Waals surface area (Å²) in [6, 6.07) is 12.0. The van der Waals surface area contributed by atoms with Crippen LogP contribution >= 0.6 is 22.9 Å². The number of thiophene rings is 1. The minimum Gasteiger partial charge on any atom is -0.414 e. The lowest BCUT2D eigenvalue weighted by Crippen LogP contribution is -3.07. The van der Waals surface area contributed by atoms with Gasteiger partial charge >= 0.3 is 0 Å². The molecule has 1 aromatic carbocycles. The maximum atomic E-state index is 6.04. The lowest BCUT2D eigenvalue weighted by Gasteiger charge is -2.18. The van der Waals surface area contributed by atoms with E-state index in [2.05, 4.69) is 30.2 Å². The summed E-state index contributed by atoms with van der Waals surface area (Å²) in [5.41, 5.74) is 1.19. The van der Waals surface area contributed by atoms with Crippen LogP contribution in [0.2, 0.25) is 5.02 Å². The first-order valence-corrected chi connectivity index (χ1v) is 8.33. The standard InChI is InChI=1S/C16H16ClN3OS/c1-11(20(2)10-12-5-3-6-13(17)9-12)15-18-19-16(21-15)14-7-4-8-22-14/h3-9,11H,10H2,1-2H3/p+1/t11-/m0/s1. The molecule has 114 valence electrons. The summed E-state index contributed by atoms with van der Waals surface area (Å²) in [5, 5.41) is 11.1. The highest BCUT2D eigenvalue weighted by atomic mass is 35.5. The first kappa shape index (κ1) is 15.2. The van der Waals surface area contributed by atoms with Crippen molar-refractivity contribution in [2.45, 2.75) is 19.5 Å². The molecular formula is C16H17ClN3OS+. The first-order chi connectivity index (χ1) is 10.6. The van der Waals surface area contributed by atoms with Gasteiger partial charge in [-0.1, -0.05) is 29.8 Å². The molecule has 1 unspecified atom stereocenters. The third-order valence-electron chi connectivity index (χ3n) is 3.65. The molecule has 2 heterocycles. The average molecular weight is 335 g/mol. The highest BCUT2D eigenvalue weighted by Crippen LogP contribution is 2.24. The van der Waals surface area contributed by atoms with E-state index >= 15 is 0 Å². The summed E-state index contributed by atoms with van der Waals surface area (Å²) in [4.78, 5) is 2.27. The number of hydrogen-bond donors (Lipinski definition) is 1. The normalized spacial score (nSPS) is 14.0. The predicted molar refractivity (Wildman–Crippen MR) is 88.1 cm³/mol. The van der Waals surface area contributed by atoms with Crippen molar-refractivity contribution >= 4 is 22.9 Å². The summed E-state index contributed by atoms with van der Waals surface area (Å²) in [6.45, 7) is 2.93. The third kappa shape index (κ3) is 3.38. The van der Waals surface area contributed by atoms with Gasteiger partial charge in [-0.25, -0.2) is 0 Å². The summed E-state index contributed by atoms with van der Waals surface area (Å²) in [7, 11) is 2.11. The molecule has 0 aliphatic rings. The van der Waals surface area contributed by atoms with E-state index in [9.17, 15) is 0 Å². The van der Waals surface area contributed by atoms with Crippen molar-refractivity contribution in [1.82, 2.24) is 10.2 Å². The molecule has 0 amide bonds. The van der Waals surface area contributed by atoms with Crippen molar-refractivity contribution in [2.24, 2.45) is 0 Å². The number of aromatic nitrogens is 2. The zero-order chi connectivity index (χ0) is 15.5. The molecule has 22 heavy (non-hydrogen) atoms. The minimum atomic E-state index is 0.111. The molecule has 0 spiro atoms. The molecule has 0 bridgehead atoms. The van der Waals surface area contributed by atoms with Gasteiger partial charge in [0, 0.05) is 10.6 Å². The highest BCUT2D eigenvalue weighted by Gasteiger charge is 2.22. The molecule has 4 nitrogen and oxygen atoms in total. The van der Waals surface area contributed by atoms with E-state index in [0.717, 1.165) is 16.4 Å². The van der Waals surface area contributed by atoms with E-state index in [-0.39, 0.29) is 6.04 Å². The molecule has 2 aromatic heterocycles. The van der Waals surface area contributed by atoms with Crippen LogP contribution in [0.5, 0.6) is 0 Å². The maximum absolute atomic E-state index is 6.04. The van der Waals surface area contributed by atoms with Crippen LogP contribution in [0, 0.1) is 0 Å². The highest BCUT2D eigenvalue weighted by molar-refractivity contribution is 7.13.